The Morgan fingerprint density at radius 3 is 2.75 bits per heavy atom. The standard InChI is InChI=1S/C16H30N2O2/c1-4-6-14(7-9-17-12-19)16(20)18-10-8-15(11-18)13(3)5-2/h12-15H,4-11H2,1-3H3,(H,17,19). The molecule has 1 rings (SSSR count). The average Bonchev–Trinajstić information content (AvgIpc) is 2.94. The van der Waals surface area contributed by atoms with Crippen LogP contribution in [0.5, 0.6) is 0 Å². The highest BCUT2D eigenvalue weighted by atomic mass is 16.2. The fourth-order valence-electron chi connectivity index (χ4n) is 3.10. The van der Waals surface area contributed by atoms with Gasteiger partial charge in [-0.3, -0.25) is 9.59 Å². The molecule has 0 saturated carbocycles. The van der Waals surface area contributed by atoms with Crippen LogP contribution in [0.3, 0.4) is 0 Å². The van der Waals surface area contributed by atoms with E-state index in [4.69, 9.17) is 0 Å². The number of nitrogens with zero attached hydrogens (tertiary/aromatic N) is 1. The molecule has 1 fully saturated rings. The van der Waals surface area contributed by atoms with Gasteiger partial charge < -0.3 is 10.2 Å². The number of nitrogens with one attached hydrogen (secondary N) is 1. The molecule has 3 atom stereocenters. The number of likely N-dealkylation sites (tertiary alicyclic amines) is 1. The first-order valence-corrected chi connectivity index (χ1v) is 8.09. The van der Waals surface area contributed by atoms with E-state index in [1.54, 1.807) is 0 Å². The van der Waals surface area contributed by atoms with Gasteiger partial charge in [-0.15, -0.1) is 0 Å². The SMILES string of the molecule is CCCC(CCNC=O)C(=O)N1CCC(C(C)CC)C1. The molecule has 0 aromatic rings. The molecule has 1 saturated heterocycles. The predicted molar refractivity (Wildman–Crippen MR) is 81.2 cm³/mol. The van der Waals surface area contributed by atoms with Gasteiger partial charge in [0.1, 0.15) is 0 Å². The Kier molecular flexibility index (Phi) is 7.63. The van der Waals surface area contributed by atoms with Crippen LogP contribution in [0.2, 0.25) is 0 Å². The van der Waals surface area contributed by atoms with Gasteiger partial charge in [0.25, 0.3) is 0 Å². The highest BCUT2D eigenvalue weighted by molar-refractivity contribution is 5.79. The molecule has 116 valence electrons. The van der Waals surface area contributed by atoms with E-state index in [0.29, 0.717) is 30.7 Å². The van der Waals surface area contributed by atoms with Crippen LogP contribution in [0.15, 0.2) is 0 Å². The molecule has 0 radical (unpaired) electrons. The Morgan fingerprint density at radius 1 is 1.40 bits per heavy atom. The lowest BCUT2D eigenvalue weighted by molar-refractivity contribution is -0.135. The normalized spacial score (nSPS) is 21.6. The Morgan fingerprint density at radius 2 is 2.15 bits per heavy atom. The third kappa shape index (κ3) is 4.80. The zero-order valence-corrected chi connectivity index (χ0v) is 13.2. The van der Waals surface area contributed by atoms with Crippen LogP contribution < -0.4 is 5.32 Å². The van der Waals surface area contributed by atoms with E-state index < -0.39 is 0 Å². The summed E-state index contributed by atoms with van der Waals surface area (Å²) < 4.78 is 0. The Bertz CT molecular complexity index is 307. The molecule has 0 aromatic carbocycles. The second-order valence-electron chi connectivity index (χ2n) is 6.06. The summed E-state index contributed by atoms with van der Waals surface area (Å²) in [6.45, 7) is 9.06. The highest BCUT2D eigenvalue weighted by Crippen LogP contribution is 2.28. The lowest BCUT2D eigenvalue weighted by Gasteiger charge is -2.24. The van der Waals surface area contributed by atoms with Crippen molar-refractivity contribution in [3.8, 4) is 0 Å². The van der Waals surface area contributed by atoms with Crippen LogP contribution in [0.1, 0.15) is 52.9 Å². The quantitative estimate of drug-likeness (QED) is 0.521. The van der Waals surface area contributed by atoms with Gasteiger partial charge in [-0.05, 0) is 31.1 Å². The molecule has 1 aliphatic heterocycles. The molecule has 1 N–H and O–H groups in total. The second kappa shape index (κ2) is 8.98. The summed E-state index contributed by atoms with van der Waals surface area (Å²) in [6.07, 6.45) is 5.74. The molecule has 0 aromatic heterocycles. The van der Waals surface area contributed by atoms with E-state index in [0.717, 1.165) is 38.8 Å². The molecule has 1 aliphatic rings. The van der Waals surface area contributed by atoms with Crippen LogP contribution >= 0.6 is 0 Å². The maximum Gasteiger partial charge on any atom is 0.225 e. The van der Waals surface area contributed by atoms with E-state index in [2.05, 4.69) is 31.0 Å². The van der Waals surface area contributed by atoms with Gasteiger partial charge in [-0.25, -0.2) is 0 Å². The summed E-state index contributed by atoms with van der Waals surface area (Å²) in [5.41, 5.74) is 0. The summed E-state index contributed by atoms with van der Waals surface area (Å²) in [6, 6.07) is 0. The molecule has 0 aliphatic carbocycles. The molecule has 1 heterocycles. The average molecular weight is 282 g/mol. The summed E-state index contributed by atoms with van der Waals surface area (Å²) in [7, 11) is 0. The van der Waals surface area contributed by atoms with Crippen molar-refractivity contribution >= 4 is 12.3 Å². The third-order valence-corrected chi connectivity index (χ3v) is 4.69. The van der Waals surface area contributed by atoms with Crippen molar-refractivity contribution in [1.29, 1.82) is 0 Å². The van der Waals surface area contributed by atoms with Crippen LogP contribution in [0, 0.1) is 17.8 Å². The van der Waals surface area contributed by atoms with Crippen LogP contribution in [-0.2, 0) is 9.59 Å². The van der Waals surface area contributed by atoms with Crippen molar-refractivity contribution in [3.05, 3.63) is 0 Å². The smallest absolute Gasteiger partial charge is 0.225 e. The predicted octanol–water partition coefficient (Wildman–Crippen LogP) is 2.43. The lowest BCUT2D eigenvalue weighted by Crippen LogP contribution is -2.36. The van der Waals surface area contributed by atoms with Crippen molar-refractivity contribution < 1.29 is 9.59 Å². The summed E-state index contributed by atoms with van der Waals surface area (Å²) in [5.74, 6) is 1.74. The van der Waals surface area contributed by atoms with E-state index in [1.807, 2.05) is 0 Å². The fourth-order valence-corrected chi connectivity index (χ4v) is 3.10. The van der Waals surface area contributed by atoms with Gasteiger partial charge in [0.15, 0.2) is 0 Å². The molecule has 4 nitrogen and oxygen atoms in total. The lowest BCUT2D eigenvalue weighted by atomic mass is 9.91. The van der Waals surface area contributed by atoms with Crippen LogP contribution in [-0.4, -0.2) is 36.9 Å². The second-order valence-corrected chi connectivity index (χ2v) is 6.06. The maximum absolute atomic E-state index is 12.6. The highest BCUT2D eigenvalue weighted by Gasteiger charge is 2.32. The minimum atomic E-state index is 0.0723. The molecule has 2 amide bonds. The monoisotopic (exact) mass is 282 g/mol. The van der Waals surface area contributed by atoms with Crippen molar-refractivity contribution in [3.63, 3.8) is 0 Å². The molecule has 0 spiro atoms. The van der Waals surface area contributed by atoms with E-state index in [1.165, 1.54) is 6.42 Å². The third-order valence-electron chi connectivity index (χ3n) is 4.69. The first-order chi connectivity index (χ1) is 9.63. The van der Waals surface area contributed by atoms with Crippen molar-refractivity contribution in [2.45, 2.75) is 52.9 Å². The number of amides is 2. The van der Waals surface area contributed by atoms with E-state index in [9.17, 15) is 9.59 Å². The summed E-state index contributed by atoms with van der Waals surface area (Å²) in [5, 5.41) is 2.67. The number of rotatable bonds is 9. The van der Waals surface area contributed by atoms with E-state index in [-0.39, 0.29) is 5.92 Å². The van der Waals surface area contributed by atoms with Crippen LogP contribution in [0.4, 0.5) is 0 Å². The molecule has 0 bridgehead atoms. The topological polar surface area (TPSA) is 49.4 Å². The molecule has 20 heavy (non-hydrogen) atoms. The molecule has 4 heteroatoms. The first-order valence-electron chi connectivity index (χ1n) is 8.09. The van der Waals surface area contributed by atoms with Crippen molar-refractivity contribution in [2.24, 2.45) is 17.8 Å². The Labute approximate surface area is 123 Å². The zero-order chi connectivity index (χ0) is 15.0. The maximum atomic E-state index is 12.6. The Hall–Kier alpha value is -1.06. The largest absolute Gasteiger partial charge is 0.359 e. The van der Waals surface area contributed by atoms with Gasteiger partial charge in [0.2, 0.25) is 12.3 Å². The van der Waals surface area contributed by atoms with Crippen LogP contribution in [0.25, 0.3) is 0 Å². The first kappa shape index (κ1) is 17.0. The van der Waals surface area contributed by atoms with Gasteiger partial charge in [0.05, 0.1) is 0 Å². The number of hydrogen-bond donors (Lipinski definition) is 1. The van der Waals surface area contributed by atoms with Gasteiger partial charge >= 0.3 is 0 Å². The Balaban J connectivity index is 2.50. The summed E-state index contributed by atoms with van der Waals surface area (Å²) in [4.78, 5) is 25.0. The van der Waals surface area contributed by atoms with Crippen molar-refractivity contribution in [1.82, 2.24) is 10.2 Å². The van der Waals surface area contributed by atoms with Gasteiger partial charge in [-0.2, -0.15) is 0 Å². The van der Waals surface area contributed by atoms with Gasteiger partial charge in [-0.1, -0.05) is 33.6 Å². The fraction of sp³-hybridized carbons (Fsp3) is 0.875. The molecular formula is C16H30N2O2. The summed E-state index contributed by atoms with van der Waals surface area (Å²) >= 11 is 0. The zero-order valence-electron chi connectivity index (χ0n) is 13.2. The molecular weight excluding hydrogens is 252 g/mol. The molecule has 3 unspecified atom stereocenters. The van der Waals surface area contributed by atoms with Crippen molar-refractivity contribution in [2.75, 3.05) is 19.6 Å². The van der Waals surface area contributed by atoms with E-state index >= 15 is 0 Å². The number of hydrogen-bond acceptors (Lipinski definition) is 2. The minimum Gasteiger partial charge on any atom is -0.359 e. The minimum absolute atomic E-state index is 0.0723. The van der Waals surface area contributed by atoms with Gasteiger partial charge in [0, 0.05) is 25.6 Å². The number of carbonyl (C=O) groups excluding carboxylic acids is 2. The number of carbonyl (C=O) groups is 2.